The molecule has 0 spiro atoms. The van der Waals surface area contributed by atoms with E-state index in [-0.39, 0.29) is 13.0 Å². The molecule has 8 heteroatoms. The first kappa shape index (κ1) is 25.6. The number of hydrogen-bond acceptors (Lipinski definition) is 7. The van der Waals surface area contributed by atoms with Gasteiger partial charge in [0, 0.05) is 43.2 Å². The zero-order valence-corrected chi connectivity index (χ0v) is 21.2. The molecule has 1 N–H and O–H groups in total. The van der Waals surface area contributed by atoms with Gasteiger partial charge in [-0.3, -0.25) is 9.69 Å². The summed E-state index contributed by atoms with van der Waals surface area (Å²) >= 11 is 0. The molecular formula is C30H31N3O5. The van der Waals surface area contributed by atoms with Gasteiger partial charge in [-0.2, -0.15) is 4.98 Å². The van der Waals surface area contributed by atoms with Crippen molar-refractivity contribution in [1.29, 1.82) is 0 Å². The third-order valence-corrected chi connectivity index (χ3v) is 6.41. The fraction of sp³-hybridized carbons (Fsp3) is 0.300. The third-order valence-electron chi connectivity index (χ3n) is 6.41. The zero-order valence-electron chi connectivity index (χ0n) is 21.2. The summed E-state index contributed by atoms with van der Waals surface area (Å²) in [5, 5.41) is 11.0. The number of benzene rings is 3. The van der Waals surface area contributed by atoms with Crippen LogP contribution in [0.4, 0.5) is 0 Å². The van der Waals surface area contributed by atoms with E-state index >= 15 is 0 Å². The highest BCUT2D eigenvalue weighted by molar-refractivity contribution is 5.87. The summed E-state index contributed by atoms with van der Waals surface area (Å²) in [4.78, 5) is 22.6. The summed E-state index contributed by atoms with van der Waals surface area (Å²) < 4.78 is 17.2. The van der Waals surface area contributed by atoms with Crippen LogP contribution in [0.15, 0.2) is 72.8 Å². The predicted octanol–water partition coefficient (Wildman–Crippen LogP) is 4.92. The van der Waals surface area contributed by atoms with Gasteiger partial charge in [0.15, 0.2) is 5.82 Å². The summed E-state index contributed by atoms with van der Waals surface area (Å²) in [5.41, 5.74) is 2.56. The maximum Gasteiger partial charge on any atom is 0.303 e. The molecule has 5 rings (SSSR count). The molecule has 0 unspecified atom stereocenters. The molecule has 0 radical (unpaired) electrons. The van der Waals surface area contributed by atoms with Gasteiger partial charge < -0.3 is 19.3 Å². The normalized spacial score (nSPS) is 13.9. The molecule has 1 saturated heterocycles. The van der Waals surface area contributed by atoms with Crippen LogP contribution in [0.5, 0.6) is 11.6 Å². The fourth-order valence-electron chi connectivity index (χ4n) is 4.36. The Morgan fingerprint density at radius 1 is 0.868 bits per heavy atom. The van der Waals surface area contributed by atoms with Crippen LogP contribution in [0.1, 0.15) is 12.8 Å². The van der Waals surface area contributed by atoms with E-state index in [1.807, 2.05) is 54.6 Å². The Balaban J connectivity index is 1.34. The molecule has 0 bridgehead atoms. The average Bonchev–Trinajstić information content (AvgIpc) is 2.96. The minimum Gasteiger partial charge on any atom is -0.492 e. The van der Waals surface area contributed by atoms with Crippen LogP contribution in [-0.2, 0) is 9.53 Å². The van der Waals surface area contributed by atoms with Crippen molar-refractivity contribution in [1.82, 2.24) is 14.9 Å². The standard InChI is InChI=1S/C30H31N3O5/c34-29(35)7-4-15-38-28-21-27(22-5-2-1-3-6-22)31-30(32-28)25-9-8-24-20-26(11-10-23(24)19-25)37-18-14-33-12-16-36-17-13-33/h1-3,5-6,8-11,19-21H,4,7,12-18H2,(H,34,35). The first-order chi connectivity index (χ1) is 18.6. The molecule has 196 valence electrons. The largest absolute Gasteiger partial charge is 0.492 e. The Morgan fingerprint density at radius 3 is 2.47 bits per heavy atom. The summed E-state index contributed by atoms with van der Waals surface area (Å²) in [6, 6.07) is 23.8. The second-order valence-electron chi connectivity index (χ2n) is 9.15. The summed E-state index contributed by atoms with van der Waals surface area (Å²) in [5.74, 6) is 0.970. The quantitative estimate of drug-likeness (QED) is 0.283. The van der Waals surface area contributed by atoms with Crippen molar-refractivity contribution in [3.63, 3.8) is 0 Å². The van der Waals surface area contributed by atoms with Gasteiger partial charge in [0.25, 0.3) is 0 Å². The predicted molar refractivity (Wildman–Crippen MR) is 146 cm³/mol. The highest BCUT2D eigenvalue weighted by atomic mass is 16.5. The number of ether oxygens (including phenoxy) is 3. The molecule has 0 amide bonds. The molecule has 0 aliphatic carbocycles. The number of rotatable bonds is 11. The Labute approximate surface area is 221 Å². The molecule has 0 saturated carbocycles. The number of aromatic nitrogens is 2. The highest BCUT2D eigenvalue weighted by Gasteiger charge is 2.12. The monoisotopic (exact) mass is 513 g/mol. The molecule has 1 aliphatic heterocycles. The van der Waals surface area contributed by atoms with Crippen LogP contribution in [0.2, 0.25) is 0 Å². The van der Waals surface area contributed by atoms with Crippen LogP contribution < -0.4 is 9.47 Å². The average molecular weight is 514 g/mol. The van der Waals surface area contributed by atoms with E-state index < -0.39 is 5.97 Å². The zero-order chi connectivity index (χ0) is 26.2. The van der Waals surface area contributed by atoms with Crippen LogP contribution in [0, 0.1) is 0 Å². The highest BCUT2D eigenvalue weighted by Crippen LogP contribution is 2.29. The molecule has 4 aromatic rings. The van der Waals surface area contributed by atoms with E-state index in [4.69, 9.17) is 24.3 Å². The SMILES string of the molecule is O=C(O)CCCOc1cc(-c2ccccc2)nc(-c2ccc3cc(OCCN4CCOCC4)ccc3c2)n1. The van der Waals surface area contributed by atoms with E-state index in [1.54, 1.807) is 6.07 Å². The summed E-state index contributed by atoms with van der Waals surface area (Å²) in [6.07, 6.45) is 0.454. The van der Waals surface area contributed by atoms with E-state index in [9.17, 15) is 4.79 Å². The van der Waals surface area contributed by atoms with Gasteiger partial charge in [-0.05, 0) is 35.4 Å². The number of carbonyl (C=O) groups is 1. The van der Waals surface area contributed by atoms with Gasteiger partial charge in [-0.1, -0.05) is 48.5 Å². The molecule has 1 aromatic heterocycles. The maximum atomic E-state index is 10.8. The molecule has 1 fully saturated rings. The van der Waals surface area contributed by atoms with Crippen molar-refractivity contribution in [3.8, 4) is 34.3 Å². The van der Waals surface area contributed by atoms with Gasteiger partial charge in [-0.25, -0.2) is 4.98 Å². The van der Waals surface area contributed by atoms with Crippen molar-refractivity contribution in [2.24, 2.45) is 0 Å². The third kappa shape index (κ3) is 6.85. The molecule has 8 nitrogen and oxygen atoms in total. The topological polar surface area (TPSA) is 94.0 Å². The molecular weight excluding hydrogens is 482 g/mol. The van der Waals surface area contributed by atoms with Crippen LogP contribution in [-0.4, -0.2) is 72.0 Å². The Bertz CT molecular complexity index is 1370. The molecule has 1 aliphatic rings. The van der Waals surface area contributed by atoms with Crippen LogP contribution in [0.25, 0.3) is 33.4 Å². The first-order valence-electron chi connectivity index (χ1n) is 12.9. The Morgan fingerprint density at radius 2 is 1.66 bits per heavy atom. The number of fused-ring (bicyclic) bond motifs is 1. The number of nitrogens with zero attached hydrogens (tertiary/aromatic N) is 3. The van der Waals surface area contributed by atoms with E-state index in [0.29, 0.717) is 24.7 Å². The summed E-state index contributed by atoms with van der Waals surface area (Å²) in [7, 11) is 0. The lowest BCUT2D eigenvalue weighted by Gasteiger charge is -2.26. The van der Waals surface area contributed by atoms with Crippen LogP contribution >= 0.6 is 0 Å². The smallest absolute Gasteiger partial charge is 0.303 e. The van der Waals surface area contributed by atoms with Gasteiger partial charge in [0.05, 0.1) is 25.5 Å². The van der Waals surface area contributed by atoms with E-state index in [1.165, 1.54) is 0 Å². The van der Waals surface area contributed by atoms with Gasteiger partial charge >= 0.3 is 5.97 Å². The molecule has 0 atom stereocenters. The molecule has 2 heterocycles. The van der Waals surface area contributed by atoms with Crippen molar-refractivity contribution in [2.45, 2.75) is 12.8 Å². The number of aliphatic carboxylic acids is 1. The lowest BCUT2D eigenvalue weighted by atomic mass is 10.1. The van der Waals surface area contributed by atoms with Gasteiger partial charge in [0.2, 0.25) is 5.88 Å². The maximum absolute atomic E-state index is 10.8. The number of morpholine rings is 1. The Hall–Kier alpha value is -4.01. The van der Waals surface area contributed by atoms with Crippen molar-refractivity contribution in [3.05, 3.63) is 72.8 Å². The van der Waals surface area contributed by atoms with Crippen molar-refractivity contribution in [2.75, 3.05) is 46.1 Å². The number of carboxylic acid groups (broad SMARTS) is 1. The second kappa shape index (κ2) is 12.5. The first-order valence-corrected chi connectivity index (χ1v) is 12.9. The van der Waals surface area contributed by atoms with E-state index in [2.05, 4.69) is 22.0 Å². The number of carboxylic acids is 1. The van der Waals surface area contributed by atoms with Crippen LogP contribution in [0.3, 0.4) is 0 Å². The minimum absolute atomic E-state index is 0.0487. The lowest BCUT2D eigenvalue weighted by Crippen LogP contribution is -2.38. The molecule has 3 aromatic carbocycles. The van der Waals surface area contributed by atoms with Crippen molar-refractivity contribution >= 4 is 16.7 Å². The van der Waals surface area contributed by atoms with E-state index in [0.717, 1.165) is 66.2 Å². The van der Waals surface area contributed by atoms with Gasteiger partial charge in [0.1, 0.15) is 12.4 Å². The fourth-order valence-corrected chi connectivity index (χ4v) is 4.36. The molecule has 38 heavy (non-hydrogen) atoms. The lowest BCUT2D eigenvalue weighted by molar-refractivity contribution is -0.137. The number of hydrogen-bond donors (Lipinski definition) is 1. The van der Waals surface area contributed by atoms with Crippen molar-refractivity contribution < 1.29 is 24.1 Å². The minimum atomic E-state index is -0.844. The Kier molecular flexibility index (Phi) is 8.42. The second-order valence-corrected chi connectivity index (χ2v) is 9.15. The summed E-state index contributed by atoms with van der Waals surface area (Å²) in [6.45, 7) is 5.26. The van der Waals surface area contributed by atoms with Gasteiger partial charge in [-0.15, -0.1) is 0 Å².